The van der Waals surface area contributed by atoms with Gasteiger partial charge in [0.15, 0.2) is 5.78 Å². The van der Waals surface area contributed by atoms with Gasteiger partial charge in [-0.1, -0.05) is 25.5 Å². The first kappa shape index (κ1) is 19.6. The van der Waals surface area contributed by atoms with Gasteiger partial charge >= 0.3 is 0 Å². The van der Waals surface area contributed by atoms with Crippen molar-refractivity contribution in [3.8, 4) is 0 Å². The van der Waals surface area contributed by atoms with E-state index in [1.54, 1.807) is 0 Å². The number of ketones is 1. The molecule has 6 nitrogen and oxygen atoms in total. The van der Waals surface area contributed by atoms with E-state index in [2.05, 4.69) is 12.2 Å². The number of hydrogen-bond donors (Lipinski definition) is 1. The summed E-state index contributed by atoms with van der Waals surface area (Å²) >= 11 is 0. The molecule has 0 aliphatic carbocycles. The van der Waals surface area contributed by atoms with Crippen molar-refractivity contribution in [2.24, 2.45) is 5.92 Å². The van der Waals surface area contributed by atoms with Gasteiger partial charge in [0.25, 0.3) is 0 Å². The third-order valence-corrected chi connectivity index (χ3v) is 6.47. The van der Waals surface area contributed by atoms with E-state index in [9.17, 15) is 18.0 Å². The maximum absolute atomic E-state index is 12.7. The number of carbonyl (C=O) groups excluding carboxylic acids is 2. The molecule has 138 valence electrons. The van der Waals surface area contributed by atoms with E-state index in [4.69, 9.17) is 0 Å². The van der Waals surface area contributed by atoms with Crippen molar-refractivity contribution in [1.29, 1.82) is 0 Å². The summed E-state index contributed by atoms with van der Waals surface area (Å²) in [5.74, 6) is -0.196. The molecule has 1 heterocycles. The zero-order valence-corrected chi connectivity index (χ0v) is 15.6. The quantitative estimate of drug-likeness (QED) is 0.592. The van der Waals surface area contributed by atoms with Crippen molar-refractivity contribution < 1.29 is 18.0 Å². The van der Waals surface area contributed by atoms with Crippen LogP contribution in [0.1, 0.15) is 49.9 Å². The Morgan fingerprint density at radius 1 is 1.16 bits per heavy atom. The van der Waals surface area contributed by atoms with Gasteiger partial charge in [-0.25, -0.2) is 8.42 Å². The minimum Gasteiger partial charge on any atom is -0.356 e. The molecule has 1 amide bonds. The molecule has 1 aromatic carbocycles. The molecule has 0 saturated carbocycles. The van der Waals surface area contributed by atoms with Crippen LogP contribution in [0.5, 0.6) is 0 Å². The summed E-state index contributed by atoms with van der Waals surface area (Å²) in [5, 5.41) is 2.92. The molecule has 0 bridgehead atoms. The van der Waals surface area contributed by atoms with Crippen molar-refractivity contribution in [3.63, 3.8) is 0 Å². The summed E-state index contributed by atoms with van der Waals surface area (Å²) in [6, 6.07) is 6.00. The topological polar surface area (TPSA) is 83.6 Å². The van der Waals surface area contributed by atoms with Gasteiger partial charge < -0.3 is 5.32 Å². The molecule has 1 aliphatic rings. The molecule has 0 aromatic heterocycles. The standard InChI is InChI=1S/C18H26N2O4S/c1-3-4-11-19-18(22)16-9-12-20(13-10-16)25(23,24)17-7-5-15(6-8-17)14(2)21/h5-8,16H,3-4,9-13H2,1-2H3,(H,19,22). The largest absolute Gasteiger partial charge is 0.356 e. The van der Waals surface area contributed by atoms with Crippen molar-refractivity contribution in [2.45, 2.75) is 44.4 Å². The molecule has 0 radical (unpaired) electrons. The molecule has 1 aromatic rings. The minimum atomic E-state index is -3.58. The number of hydrogen-bond acceptors (Lipinski definition) is 4. The van der Waals surface area contributed by atoms with Gasteiger partial charge in [-0.3, -0.25) is 9.59 Å². The fraction of sp³-hybridized carbons (Fsp3) is 0.556. The van der Waals surface area contributed by atoms with Crippen molar-refractivity contribution in [1.82, 2.24) is 9.62 Å². The van der Waals surface area contributed by atoms with Crippen LogP contribution in [-0.4, -0.2) is 44.0 Å². The highest BCUT2D eigenvalue weighted by molar-refractivity contribution is 7.89. The number of unbranched alkanes of at least 4 members (excludes halogenated alkanes) is 1. The zero-order chi connectivity index (χ0) is 18.4. The van der Waals surface area contributed by atoms with E-state index in [0.29, 0.717) is 38.0 Å². The van der Waals surface area contributed by atoms with Gasteiger partial charge in [-0.05, 0) is 38.3 Å². The molecule has 1 aliphatic heterocycles. The van der Waals surface area contributed by atoms with Crippen molar-refractivity contribution in [3.05, 3.63) is 29.8 Å². The van der Waals surface area contributed by atoms with E-state index in [1.165, 1.54) is 35.5 Å². The molecule has 0 spiro atoms. The first-order valence-corrected chi connectivity index (χ1v) is 10.2. The van der Waals surface area contributed by atoms with Crippen LogP contribution in [0.3, 0.4) is 0 Å². The van der Waals surface area contributed by atoms with Gasteiger partial charge in [0.2, 0.25) is 15.9 Å². The lowest BCUT2D eigenvalue weighted by molar-refractivity contribution is -0.126. The number of Topliss-reactive ketones (excluding diaryl/α,β-unsaturated/α-hetero) is 1. The molecular weight excluding hydrogens is 340 g/mol. The first-order chi connectivity index (χ1) is 11.9. The zero-order valence-electron chi connectivity index (χ0n) is 14.8. The summed E-state index contributed by atoms with van der Waals surface area (Å²) in [5.41, 5.74) is 0.487. The van der Waals surface area contributed by atoms with Gasteiger partial charge in [0.1, 0.15) is 0 Å². The monoisotopic (exact) mass is 366 g/mol. The summed E-state index contributed by atoms with van der Waals surface area (Å²) in [6.45, 7) is 4.86. The second-order valence-corrected chi connectivity index (χ2v) is 8.34. The lowest BCUT2D eigenvalue weighted by Gasteiger charge is -2.30. The van der Waals surface area contributed by atoms with E-state index < -0.39 is 10.0 Å². The maximum atomic E-state index is 12.7. The molecule has 0 unspecified atom stereocenters. The normalized spacial score (nSPS) is 16.6. The third-order valence-electron chi connectivity index (χ3n) is 4.55. The average molecular weight is 366 g/mol. The summed E-state index contributed by atoms with van der Waals surface area (Å²) in [7, 11) is -3.58. The Kier molecular flexibility index (Phi) is 6.72. The SMILES string of the molecule is CCCCNC(=O)C1CCN(S(=O)(=O)c2ccc(C(C)=O)cc2)CC1. The van der Waals surface area contributed by atoms with Crippen LogP contribution in [-0.2, 0) is 14.8 Å². The van der Waals surface area contributed by atoms with E-state index in [-0.39, 0.29) is 22.5 Å². The van der Waals surface area contributed by atoms with Crippen LogP contribution in [0.15, 0.2) is 29.2 Å². The van der Waals surface area contributed by atoms with E-state index >= 15 is 0 Å². The highest BCUT2D eigenvalue weighted by Crippen LogP contribution is 2.24. The summed E-state index contributed by atoms with van der Waals surface area (Å²) in [4.78, 5) is 23.6. The second kappa shape index (κ2) is 8.58. The number of benzene rings is 1. The molecule has 2 rings (SSSR count). The number of carbonyl (C=O) groups is 2. The van der Waals surface area contributed by atoms with Gasteiger partial charge in [-0.2, -0.15) is 4.31 Å². The number of nitrogens with one attached hydrogen (secondary N) is 1. The van der Waals surface area contributed by atoms with E-state index in [0.717, 1.165) is 12.8 Å². The van der Waals surface area contributed by atoms with Crippen LogP contribution in [0, 0.1) is 5.92 Å². The van der Waals surface area contributed by atoms with Crippen LogP contribution >= 0.6 is 0 Å². The van der Waals surface area contributed by atoms with Crippen LogP contribution in [0.4, 0.5) is 0 Å². The van der Waals surface area contributed by atoms with Crippen molar-refractivity contribution in [2.75, 3.05) is 19.6 Å². The molecule has 1 N–H and O–H groups in total. The van der Waals surface area contributed by atoms with Crippen molar-refractivity contribution >= 4 is 21.7 Å². The Hall–Kier alpha value is -1.73. The predicted molar refractivity (Wildman–Crippen MR) is 95.8 cm³/mol. The highest BCUT2D eigenvalue weighted by atomic mass is 32.2. The molecule has 25 heavy (non-hydrogen) atoms. The predicted octanol–water partition coefficient (Wildman–Crippen LogP) is 2.21. The highest BCUT2D eigenvalue weighted by Gasteiger charge is 2.31. The molecular formula is C18H26N2O4S. The number of piperidine rings is 1. The summed E-state index contributed by atoms with van der Waals surface area (Å²) in [6.07, 6.45) is 3.04. The Labute approximate surface area is 149 Å². The second-order valence-electron chi connectivity index (χ2n) is 6.40. The maximum Gasteiger partial charge on any atom is 0.243 e. The minimum absolute atomic E-state index is 0.0244. The number of sulfonamides is 1. The number of amides is 1. The molecule has 0 atom stereocenters. The Balaban J connectivity index is 1.96. The average Bonchev–Trinajstić information content (AvgIpc) is 2.62. The van der Waals surface area contributed by atoms with Crippen LogP contribution in [0.25, 0.3) is 0 Å². The Morgan fingerprint density at radius 2 is 1.76 bits per heavy atom. The Bertz CT molecular complexity index is 705. The van der Waals surface area contributed by atoms with Gasteiger partial charge in [0, 0.05) is 31.1 Å². The first-order valence-electron chi connectivity index (χ1n) is 8.75. The fourth-order valence-electron chi connectivity index (χ4n) is 2.90. The smallest absolute Gasteiger partial charge is 0.243 e. The molecule has 7 heteroatoms. The lowest BCUT2D eigenvalue weighted by atomic mass is 9.97. The molecule has 1 fully saturated rings. The number of nitrogens with zero attached hydrogens (tertiary/aromatic N) is 1. The number of rotatable bonds is 7. The van der Waals surface area contributed by atoms with Crippen LogP contribution in [0.2, 0.25) is 0 Å². The van der Waals surface area contributed by atoms with E-state index in [1.807, 2.05) is 0 Å². The Morgan fingerprint density at radius 3 is 2.28 bits per heavy atom. The van der Waals surface area contributed by atoms with Gasteiger partial charge in [-0.15, -0.1) is 0 Å². The molecule has 1 saturated heterocycles. The summed E-state index contributed by atoms with van der Waals surface area (Å²) < 4.78 is 26.8. The van der Waals surface area contributed by atoms with Gasteiger partial charge in [0.05, 0.1) is 4.90 Å². The third kappa shape index (κ3) is 4.89. The fourth-order valence-corrected chi connectivity index (χ4v) is 4.37. The lowest BCUT2D eigenvalue weighted by Crippen LogP contribution is -2.43. The van der Waals surface area contributed by atoms with Crippen LogP contribution < -0.4 is 5.32 Å².